The minimum absolute atomic E-state index is 0.0953. The molecule has 5 heteroatoms. The van der Waals surface area contributed by atoms with Gasteiger partial charge in [0, 0.05) is 6.54 Å². The summed E-state index contributed by atoms with van der Waals surface area (Å²) in [6, 6.07) is 13.7. The van der Waals surface area contributed by atoms with Crippen molar-refractivity contribution in [3.63, 3.8) is 0 Å². The number of aliphatic hydroxyl groups excluding tert-OH is 1. The molecule has 0 saturated heterocycles. The largest absolute Gasteiger partial charge is 0.493 e. The van der Waals surface area contributed by atoms with E-state index < -0.39 is 0 Å². The van der Waals surface area contributed by atoms with Crippen LogP contribution in [0.5, 0.6) is 11.5 Å². The third-order valence-corrected chi connectivity index (χ3v) is 3.66. The highest BCUT2D eigenvalue weighted by Crippen LogP contribution is 2.28. The molecule has 1 aromatic heterocycles. The van der Waals surface area contributed by atoms with E-state index in [9.17, 15) is 5.11 Å². The van der Waals surface area contributed by atoms with Crippen molar-refractivity contribution >= 4 is 11.0 Å². The highest BCUT2D eigenvalue weighted by atomic mass is 16.5. The van der Waals surface area contributed by atoms with Crippen molar-refractivity contribution in [3.8, 4) is 11.5 Å². The Morgan fingerprint density at radius 2 is 1.82 bits per heavy atom. The molecular weight excluding hydrogens is 280 g/mol. The Bertz CT molecular complexity index is 796. The van der Waals surface area contributed by atoms with Crippen LogP contribution in [0.25, 0.3) is 11.0 Å². The fourth-order valence-electron chi connectivity index (χ4n) is 2.58. The number of aliphatic hydroxyl groups is 1. The van der Waals surface area contributed by atoms with Crippen LogP contribution in [0.4, 0.5) is 0 Å². The van der Waals surface area contributed by atoms with Gasteiger partial charge in [-0.3, -0.25) is 0 Å². The lowest BCUT2D eigenvalue weighted by Crippen LogP contribution is -2.05. The smallest absolute Gasteiger partial charge is 0.161 e. The van der Waals surface area contributed by atoms with E-state index >= 15 is 0 Å². The van der Waals surface area contributed by atoms with Crippen molar-refractivity contribution in [2.75, 3.05) is 14.2 Å². The number of imidazole rings is 1. The van der Waals surface area contributed by atoms with Crippen molar-refractivity contribution in [1.29, 1.82) is 0 Å². The van der Waals surface area contributed by atoms with E-state index in [1.165, 1.54) is 0 Å². The van der Waals surface area contributed by atoms with E-state index in [2.05, 4.69) is 4.98 Å². The Labute approximate surface area is 128 Å². The molecule has 0 aliphatic carbocycles. The molecule has 22 heavy (non-hydrogen) atoms. The molecule has 0 spiro atoms. The standard InChI is InChI=1S/C17H18N2O3/c1-21-15-8-7-12(9-16(15)22-2)10-19-14-6-4-3-5-13(14)18-17(19)11-20/h3-9,20H,10-11H2,1-2H3. The molecule has 0 amide bonds. The summed E-state index contributed by atoms with van der Waals surface area (Å²) in [6.45, 7) is 0.513. The summed E-state index contributed by atoms with van der Waals surface area (Å²) in [7, 11) is 3.23. The average molecular weight is 298 g/mol. The number of hydrogen-bond donors (Lipinski definition) is 1. The number of benzene rings is 2. The molecule has 0 unspecified atom stereocenters. The summed E-state index contributed by atoms with van der Waals surface area (Å²) < 4.78 is 12.6. The molecule has 1 heterocycles. The van der Waals surface area contributed by atoms with Crippen molar-refractivity contribution in [2.45, 2.75) is 13.2 Å². The van der Waals surface area contributed by atoms with E-state index in [4.69, 9.17) is 9.47 Å². The number of hydrogen-bond acceptors (Lipinski definition) is 4. The maximum Gasteiger partial charge on any atom is 0.161 e. The molecule has 0 aliphatic heterocycles. The SMILES string of the molecule is COc1ccc(Cn2c(CO)nc3ccccc32)cc1OC. The van der Waals surface area contributed by atoms with Crippen LogP contribution in [0.15, 0.2) is 42.5 Å². The summed E-state index contributed by atoms with van der Waals surface area (Å²) in [4.78, 5) is 4.46. The first-order valence-electron chi connectivity index (χ1n) is 7.02. The average Bonchev–Trinajstić information content (AvgIpc) is 2.92. The maximum absolute atomic E-state index is 9.55. The van der Waals surface area contributed by atoms with Gasteiger partial charge in [-0.1, -0.05) is 18.2 Å². The highest BCUT2D eigenvalue weighted by Gasteiger charge is 2.11. The lowest BCUT2D eigenvalue weighted by molar-refractivity contribution is 0.267. The number of ether oxygens (including phenoxy) is 2. The predicted molar refractivity (Wildman–Crippen MR) is 84.3 cm³/mol. The summed E-state index contributed by atoms with van der Waals surface area (Å²) >= 11 is 0. The summed E-state index contributed by atoms with van der Waals surface area (Å²) in [5.41, 5.74) is 2.93. The van der Waals surface area contributed by atoms with Crippen LogP contribution in [-0.4, -0.2) is 28.9 Å². The third-order valence-electron chi connectivity index (χ3n) is 3.66. The molecule has 1 N–H and O–H groups in total. The fraction of sp³-hybridized carbons (Fsp3) is 0.235. The van der Waals surface area contributed by atoms with Gasteiger partial charge in [-0.15, -0.1) is 0 Å². The number of fused-ring (bicyclic) bond motifs is 1. The van der Waals surface area contributed by atoms with Gasteiger partial charge in [0.25, 0.3) is 0 Å². The molecule has 3 rings (SSSR count). The molecule has 3 aromatic rings. The van der Waals surface area contributed by atoms with Gasteiger partial charge in [-0.05, 0) is 29.8 Å². The Morgan fingerprint density at radius 3 is 2.55 bits per heavy atom. The van der Waals surface area contributed by atoms with Crippen LogP contribution in [0, 0.1) is 0 Å². The van der Waals surface area contributed by atoms with Gasteiger partial charge in [0.05, 0.1) is 25.3 Å². The van der Waals surface area contributed by atoms with Crippen LogP contribution >= 0.6 is 0 Å². The zero-order chi connectivity index (χ0) is 15.5. The zero-order valence-corrected chi connectivity index (χ0v) is 12.6. The first-order valence-corrected chi connectivity index (χ1v) is 7.02. The second-order valence-corrected chi connectivity index (χ2v) is 4.95. The summed E-state index contributed by atoms with van der Waals surface area (Å²) in [6.07, 6.45) is 0. The first kappa shape index (κ1) is 14.4. The fourth-order valence-corrected chi connectivity index (χ4v) is 2.58. The lowest BCUT2D eigenvalue weighted by atomic mass is 10.2. The molecule has 0 saturated carbocycles. The lowest BCUT2D eigenvalue weighted by Gasteiger charge is -2.12. The second kappa shape index (κ2) is 6.07. The molecule has 0 fully saturated rings. The van der Waals surface area contributed by atoms with E-state index in [1.807, 2.05) is 47.0 Å². The van der Waals surface area contributed by atoms with Gasteiger partial charge in [-0.25, -0.2) is 4.98 Å². The molecule has 0 bridgehead atoms. The second-order valence-electron chi connectivity index (χ2n) is 4.95. The van der Waals surface area contributed by atoms with E-state index in [1.54, 1.807) is 14.2 Å². The minimum atomic E-state index is -0.0953. The van der Waals surface area contributed by atoms with Gasteiger partial charge in [0.15, 0.2) is 11.5 Å². The molecule has 114 valence electrons. The molecule has 5 nitrogen and oxygen atoms in total. The van der Waals surface area contributed by atoms with Crippen LogP contribution < -0.4 is 9.47 Å². The normalized spacial score (nSPS) is 10.9. The number of aromatic nitrogens is 2. The van der Waals surface area contributed by atoms with Gasteiger partial charge in [0.1, 0.15) is 12.4 Å². The molecular formula is C17H18N2O3. The summed E-state index contributed by atoms with van der Waals surface area (Å²) in [5, 5.41) is 9.55. The Morgan fingerprint density at radius 1 is 1.05 bits per heavy atom. The number of methoxy groups -OCH3 is 2. The van der Waals surface area contributed by atoms with Crippen molar-refractivity contribution in [1.82, 2.24) is 9.55 Å². The van der Waals surface area contributed by atoms with Gasteiger partial charge < -0.3 is 19.1 Å². The van der Waals surface area contributed by atoms with Crippen molar-refractivity contribution in [3.05, 3.63) is 53.9 Å². The van der Waals surface area contributed by atoms with Crippen LogP contribution in [0.2, 0.25) is 0 Å². The molecule has 0 atom stereocenters. The predicted octanol–water partition coefficient (Wildman–Crippen LogP) is 2.59. The van der Waals surface area contributed by atoms with E-state index in [-0.39, 0.29) is 6.61 Å². The number of para-hydroxylation sites is 2. The van der Waals surface area contributed by atoms with E-state index in [0.29, 0.717) is 23.9 Å². The van der Waals surface area contributed by atoms with Gasteiger partial charge >= 0.3 is 0 Å². The topological polar surface area (TPSA) is 56.5 Å². The highest BCUT2D eigenvalue weighted by molar-refractivity contribution is 5.76. The van der Waals surface area contributed by atoms with Crippen molar-refractivity contribution in [2.24, 2.45) is 0 Å². The molecule has 0 aliphatic rings. The molecule has 0 radical (unpaired) electrons. The third kappa shape index (κ3) is 2.51. The van der Waals surface area contributed by atoms with Crippen LogP contribution in [0.1, 0.15) is 11.4 Å². The first-order chi connectivity index (χ1) is 10.8. The number of rotatable bonds is 5. The van der Waals surface area contributed by atoms with E-state index in [0.717, 1.165) is 16.6 Å². The molecule has 2 aromatic carbocycles. The Balaban J connectivity index is 2.02. The Kier molecular flexibility index (Phi) is 3.98. The summed E-state index contributed by atoms with van der Waals surface area (Å²) in [5.74, 6) is 2.04. The monoisotopic (exact) mass is 298 g/mol. The Hall–Kier alpha value is -2.53. The number of nitrogens with zero attached hydrogens (tertiary/aromatic N) is 2. The van der Waals surface area contributed by atoms with Crippen LogP contribution in [0.3, 0.4) is 0 Å². The maximum atomic E-state index is 9.55. The van der Waals surface area contributed by atoms with Crippen LogP contribution in [-0.2, 0) is 13.2 Å². The quantitative estimate of drug-likeness (QED) is 0.786. The van der Waals surface area contributed by atoms with Crippen molar-refractivity contribution < 1.29 is 14.6 Å². The minimum Gasteiger partial charge on any atom is -0.493 e. The zero-order valence-electron chi connectivity index (χ0n) is 12.6. The van der Waals surface area contributed by atoms with Gasteiger partial charge in [-0.2, -0.15) is 0 Å². The van der Waals surface area contributed by atoms with Gasteiger partial charge in [0.2, 0.25) is 0 Å².